The van der Waals surface area contributed by atoms with E-state index >= 15 is 0 Å². The van der Waals surface area contributed by atoms with Crippen LogP contribution in [0.5, 0.6) is 0 Å². The van der Waals surface area contributed by atoms with Gasteiger partial charge in [-0.05, 0) is 42.0 Å². The fourth-order valence-corrected chi connectivity index (χ4v) is 5.30. The van der Waals surface area contributed by atoms with Crippen molar-refractivity contribution in [2.24, 2.45) is 0 Å². The molecule has 0 fully saturated rings. The monoisotopic (exact) mass is 546 g/mol. The van der Waals surface area contributed by atoms with Crippen LogP contribution in [-0.4, -0.2) is 41.0 Å². The Hall–Kier alpha value is -5.29. The lowest BCUT2D eigenvalue weighted by atomic mass is 10.1. The summed E-state index contributed by atoms with van der Waals surface area (Å²) in [4.78, 5) is 34.9. The molecule has 0 spiro atoms. The SMILES string of the molecule is O=C(Cc1ccccc1)Nc1cncc(-c2ccc3[nH]nc(-c4nc5c(-c6ccc(F)s6)ccnc5[nH]4)c3n2)c1. The van der Waals surface area contributed by atoms with E-state index < -0.39 is 0 Å². The Morgan fingerprint density at radius 2 is 1.88 bits per heavy atom. The van der Waals surface area contributed by atoms with E-state index in [1.807, 2.05) is 54.6 Å². The normalized spacial score (nSPS) is 11.3. The number of hydrogen-bond donors (Lipinski definition) is 3. The van der Waals surface area contributed by atoms with Crippen molar-refractivity contribution in [2.75, 3.05) is 5.32 Å². The molecule has 0 unspecified atom stereocenters. The summed E-state index contributed by atoms with van der Waals surface area (Å²) in [5.41, 5.74) is 6.74. The van der Waals surface area contributed by atoms with Crippen molar-refractivity contribution in [3.8, 4) is 33.2 Å². The summed E-state index contributed by atoms with van der Waals surface area (Å²) >= 11 is 1.05. The number of imidazole rings is 1. The summed E-state index contributed by atoms with van der Waals surface area (Å²) in [5.74, 6) is 0.358. The first kappa shape index (κ1) is 23.8. The second kappa shape index (κ2) is 9.79. The van der Waals surface area contributed by atoms with Crippen LogP contribution in [0.1, 0.15) is 5.56 Å². The summed E-state index contributed by atoms with van der Waals surface area (Å²) < 4.78 is 13.7. The number of amides is 1. The number of halogens is 1. The molecular weight excluding hydrogens is 527 g/mol. The lowest BCUT2D eigenvalue weighted by Gasteiger charge is -2.07. The molecule has 0 bridgehead atoms. The molecule has 0 saturated heterocycles. The largest absolute Gasteiger partial charge is 0.324 e. The van der Waals surface area contributed by atoms with Crippen LogP contribution in [0, 0.1) is 5.13 Å². The van der Waals surface area contributed by atoms with Gasteiger partial charge < -0.3 is 10.3 Å². The number of aromatic nitrogens is 7. The minimum Gasteiger partial charge on any atom is -0.324 e. The highest BCUT2D eigenvalue weighted by Crippen LogP contribution is 2.34. The number of nitrogens with zero attached hydrogens (tertiary/aromatic N) is 5. The fourth-order valence-electron chi connectivity index (χ4n) is 4.54. The topological polar surface area (TPSA) is 125 Å². The van der Waals surface area contributed by atoms with Crippen LogP contribution in [0.2, 0.25) is 0 Å². The summed E-state index contributed by atoms with van der Waals surface area (Å²) in [5, 5.41) is 10.1. The van der Waals surface area contributed by atoms with E-state index in [-0.39, 0.29) is 17.5 Å². The van der Waals surface area contributed by atoms with E-state index in [0.717, 1.165) is 38.4 Å². The van der Waals surface area contributed by atoms with Crippen molar-refractivity contribution in [3.05, 3.63) is 96.0 Å². The van der Waals surface area contributed by atoms with Gasteiger partial charge in [0.05, 0.1) is 29.5 Å². The molecule has 11 heteroatoms. The predicted octanol–water partition coefficient (Wildman–Crippen LogP) is 6.01. The van der Waals surface area contributed by atoms with Crippen molar-refractivity contribution in [2.45, 2.75) is 6.42 Å². The lowest BCUT2D eigenvalue weighted by Crippen LogP contribution is -2.14. The van der Waals surface area contributed by atoms with Crippen LogP contribution < -0.4 is 5.32 Å². The first-order valence-electron chi connectivity index (χ1n) is 12.4. The maximum Gasteiger partial charge on any atom is 0.228 e. The van der Waals surface area contributed by atoms with Gasteiger partial charge in [0.1, 0.15) is 11.0 Å². The Balaban J connectivity index is 1.21. The van der Waals surface area contributed by atoms with Crippen molar-refractivity contribution < 1.29 is 9.18 Å². The Labute approximate surface area is 230 Å². The number of thiophene rings is 1. The summed E-state index contributed by atoms with van der Waals surface area (Å²) in [7, 11) is 0. The number of pyridine rings is 3. The zero-order valence-corrected chi connectivity index (χ0v) is 21.5. The van der Waals surface area contributed by atoms with Crippen LogP contribution in [-0.2, 0) is 11.2 Å². The van der Waals surface area contributed by atoms with Gasteiger partial charge in [0, 0.05) is 28.4 Å². The zero-order chi connectivity index (χ0) is 27.1. The van der Waals surface area contributed by atoms with E-state index in [0.29, 0.717) is 39.6 Å². The summed E-state index contributed by atoms with van der Waals surface area (Å²) in [6.45, 7) is 0. The quantitative estimate of drug-likeness (QED) is 0.235. The molecule has 0 atom stereocenters. The Kier molecular flexibility index (Phi) is 5.82. The highest BCUT2D eigenvalue weighted by molar-refractivity contribution is 7.14. The van der Waals surface area contributed by atoms with Gasteiger partial charge in [0.2, 0.25) is 5.91 Å². The molecule has 7 aromatic rings. The van der Waals surface area contributed by atoms with Crippen LogP contribution >= 0.6 is 11.3 Å². The second-order valence-corrected chi connectivity index (χ2v) is 10.1. The van der Waals surface area contributed by atoms with Crippen LogP contribution in [0.4, 0.5) is 10.1 Å². The molecule has 0 saturated carbocycles. The number of hydrogen-bond acceptors (Lipinski definition) is 7. The number of benzene rings is 1. The molecule has 6 aromatic heterocycles. The zero-order valence-electron chi connectivity index (χ0n) is 20.7. The molecule has 0 aliphatic heterocycles. The molecule has 1 amide bonds. The van der Waals surface area contributed by atoms with Gasteiger partial charge in [-0.3, -0.25) is 14.9 Å². The van der Waals surface area contributed by atoms with Crippen molar-refractivity contribution in [1.82, 2.24) is 35.1 Å². The third-order valence-corrected chi connectivity index (χ3v) is 7.29. The molecule has 0 radical (unpaired) electrons. The molecule has 7 rings (SSSR count). The van der Waals surface area contributed by atoms with Gasteiger partial charge in [0.25, 0.3) is 0 Å². The van der Waals surface area contributed by atoms with Crippen molar-refractivity contribution in [3.63, 3.8) is 0 Å². The molecule has 6 heterocycles. The third-order valence-electron chi connectivity index (χ3n) is 6.38. The van der Waals surface area contributed by atoms with Gasteiger partial charge in [-0.25, -0.2) is 15.0 Å². The number of carbonyl (C=O) groups excluding carboxylic acids is 1. The molecule has 3 N–H and O–H groups in total. The minimum absolute atomic E-state index is 0.131. The minimum atomic E-state index is -0.264. The molecule has 40 heavy (non-hydrogen) atoms. The summed E-state index contributed by atoms with van der Waals surface area (Å²) in [6.07, 6.45) is 5.23. The van der Waals surface area contributed by atoms with E-state index in [9.17, 15) is 9.18 Å². The van der Waals surface area contributed by atoms with Crippen molar-refractivity contribution >= 4 is 45.1 Å². The maximum absolute atomic E-state index is 13.7. The highest BCUT2D eigenvalue weighted by Gasteiger charge is 2.18. The van der Waals surface area contributed by atoms with E-state index in [4.69, 9.17) is 9.97 Å². The van der Waals surface area contributed by atoms with Crippen LogP contribution in [0.3, 0.4) is 0 Å². The number of aromatic amines is 2. The van der Waals surface area contributed by atoms with E-state index in [1.54, 1.807) is 24.7 Å². The smallest absolute Gasteiger partial charge is 0.228 e. The Morgan fingerprint density at radius 3 is 2.73 bits per heavy atom. The maximum atomic E-state index is 13.7. The number of H-pyrrole nitrogens is 2. The van der Waals surface area contributed by atoms with Crippen molar-refractivity contribution in [1.29, 1.82) is 0 Å². The molecule has 194 valence electrons. The van der Waals surface area contributed by atoms with Gasteiger partial charge in [-0.15, -0.1) is 11.3 Å². The molecular formula is C29H19FN8OS. The molecule has 1 aromatic carbocycles. The van der Waals surface area contributed by atoms with Gasteiger partial charge in [-0.1, -0.05) is 30.3 Å². The lowest BCUT2D eigenvalue weighted by molar-refractivity contribution is -0.115. The van der Waals surface area contributed by atoms with Gasteiger partial charge in [0.15, 0.2) is 22.3 Å². The predicted molar refractivity (Wildman–Crippen MR) is 152 cm³/mol. The number of anilines is 1. The average molecular weight is 547 g/mol. The molecule has 0 aliphatic carbocycles. The average Bonchev–Trinajstić information content (AvgIpc) is 3.71. The first-order valence-corrected chi connectivity index (χ1v) is 13.2. The number of nitrogens with one attached hydrogen (secondary N) is 3. The summed E-state index contributed by atoms with van der Waals surface area (Å²) in [6, 6.07) is 20.1. The van der Waals surface area contributed by atoms with Gasteiger partial charge >= 0.3 is 0 Å². The number of fused-ring (bicyclic) bond motifs is 2. The second-order valence-electron chi connectivity index (χ2n) is 9.08. The fraction of sp³-hybridized carbons (Fsp3) is 0.0345. The van der Waals surface area contributed by atoms with Crippen LogP contribution in [0.15, 0.2) is 85.3 Å². The first-order chi connectivity index (χ1) is 19.6. The molecule has 9 nitrogen and oxygen atoms in total. The van der Waals surface area contributed by atoms with Crippen LogP contribution in [0.25, 0.3) is 55.4 Å². The molecule has 0 aliphatic rings. The Bertz CT molecular complexity index is 2010. The number of rotatable bonds is 6. The third kappa shape index (κ3) is 4.48. The van der Waals surface area contributed by atoms with E-state index in [1.165, 1.54) is 6.07 Å². The Morgan fingerprint density at radius 1 is 0.975 bits per heavy atom. The standard InChI is InChI=1S/C29H19FN8OS/c30-23-9-8-22(40-23)19-10-11-32-28-25(19)35-29(36-28)27-26-21(37-38-27)7-6-20(34-26)17-13-18(15-31-14-17)33-24(39)12-16-4-2-1-3-5-16/h1-11,13-15H,12H2,(H,33,39)(H,37,38)(H,32,35,36). The van der Waals surface area contributed by atoms with Gasteiger partial charge in [-0.2, -0.15) is 9.49 Å². The highest BCUT2D eigenvalue weighted by atomic mass is 32.1. The van der Waals surface area contributed by atoms with E-state index in [2.05, 4.69) is 30.5 Å². The number of carbonyl (C=O) groups is 1.